The van der Waals surface area contributed by atoms with Crippen molar-refractivity contribution in [2.75, 3.05) is 20.2 Å². The summed E-state index contributed by atoms with van der Waals surface area (Å²) in [5.41, 5.74) is 2.47. The predicted molar refractivity (Wildman–Crippen MR) is 84.1 cm³/mol. The van der Waals surface area contributed by atoms with Crippen LogP contribution < -0.4 is 0 Å². The fourth-order valence-corrected chi connectivity index (χ4v) is 3.00. The molecule has 21 heavy (non-hydrogen) atoms. The molecule has 112 valence electrons. The summed E-state index contributed by atoms with van der Waals surface area (Å²) >= 11 is 0. The Hall–Kier alpha value is -1.79. The van der Waals surface area contributed by atoms with Crippen molar-refractivity contribution < 1.29 is 9.90 Å². The molecule has 0 bridgehead atoms. The molecule has 1 fully saturated rings. The Morgan fingerprint density at radius 2 is 2.05 bits per heavy atom. The third-order valence-electron chi connectivity index (χ3n) is 3.99. The number of carbonyl (C=O) groups is 1. The molecule has 0 unspecified atom stereocenters. The highest BCUT2D eigenvalue weighted by Gasteiger charge is 2.20. The molecular weight excluding hydrogens is 262 g/mol. The maximum Gasteiger partial charge on any atom is 0.253 e. The van der Waals surface area contributed by atoms with Gasteiger partial charge in [-0.1, -0.05) is 24.7 Å². The van der Waals surface area contributed by atoms with Gasteiger partial charge in [0.25, 0.3) is 5.91 Å². The molecule has 1 amide bonds. The Morgan fingerprint density at radius 3 is 2.71 bits per heavy atom. The zero-order valence-electron chi connectivity index (χ0n) is 12.9. The van der Waals surface area contributed by atoms with Crippen LogP contribution in [0.25, 0.3) is 0 Å². The molecule has 2 rings (SSSR count). The second kappa shape index (κ2) is 7.28. The van der Waals surface area contributed by atoms with Crippen molar-refractivity contribution in [2.45, 2.75) is 32.6 Å². The first-order chi connectivity index (χ1) is 10.1. The highest BCUT2D eigenvalue weighted by molar-refractivity contribution is 5.94. The molecule has 0 heterocycles. The van der Waals surface area contributed by atoms with E-state index >= 15 is 0 Å². The highest BCUT2D eigenvalue weighted by Crippen LogP contribution is 2.25. The number of benzene rings is 1. The van der Waals surface area contributed by atoms with Crippen molar-refractivity contribution in [1.29, 1.82) is 0 Å². The standard InChI is InChI=1S/C18H23NO2/c1-14-10-16(8-5-9-20)12-17(11-14)18(21)19(2)13-15-6-3-4-7-15/h10-12,15,20H,3-4,6-7,9,13H2,1-2H3. The zero-order chi connectivity index (χ0) is 15.2. The Kier molecular flexibility index (Phi) is 5.41. The van der Waals surface area contributed by atoms with Crippen LogP contribution in [0.3, 0.4) is 0 Å². The number of amides is 1. The number of carbonyl (C=O) groups excluding carboxylic acids is 1. The molecule has 0 spiro atoms. The first-order valence-corrected chi connectivity index (χ1v) is 7.57. The van der Waals surface area contributed by atoms with Crippen LogP contribution in [0.2, 0.25) is 0 Å². The largest absolute Gasteiger partial charge is 0.384 e. The Labute approximate surface area is 127 Å². The smallest absolute Gasteiger partial charge is 0.253 e. The third-order valence-corrected chi connectivity index (χ3v) is 3.99. The molecule has 3 nitrogen and oxygen atoms in total. The molecule has 1 aliphatic carbocycles. The van der Waals surface area contributed by atoms with Crippen molar-refractivity contribution in [3.05, 3.63) is 34.9 Å². The third kappa shape index (κ3) is 4.34. The van der Waals surface area contributed by atoms with Gasteiger partial charge in [0.15, 0.2) is 0 Å². The fraction of sp³-hybridized carbons (Fsp3) is 0.500. The van der Waals surface area contributed by atoms with Crippen molar-refractivity contribution in [3.63, 3.8) is 0 Å². The lowest BCUT2D eigenvalue weighted by atomic mass is 10.0. The van der Waals surface area contributed by atoms with E-state index in [0.29, 0.717) is 11.5 Å². The molecule has 0 saturated heterocycles. The van der Waals surface area contributed by atoms with E-state index in [1.807, 2.05) is 37.1 Å². The van der Waals surface area contributed by atoms with E-state index in [9.17, 15) is 4.79 Å². The number of hydrogen-bond acceptors (Lipinski definition) is 2. The van der Waals surface area contributed by atoms with E-state index in [1.54, 1.807) is 0 Å². The SMILES string of the molecule is Cc1cc(C#CCO)cc(C(=O)N(C)CC2CCCC2)c1. The number of aliphatic hydroxyl groups excluding tert-OH is 1. The van der Waals surface area contributed by atoms with Gasteiger partial charge in [0.1, 0.15) is 6.61 Å². The predicted octanol–water partition coefficient (Wildman–Crippen LogP) is 2.60. The molecule has 0 aromatic heterocycles. The molecule has 3 heteroatoms. The quantitative estimate of drug-likeness (QED) is 0.867. The van der Waals surface area contributed by atoms with Gasteiger partial charge in [-0.15, -0.1) is 0 Å². The minimum Gasteiger partial charge on any atom is -0.384 e. The Bertz CT molecular complexity index is 562. The summed E-state index contributed by atoms with van der Waals surface area (Å²) in [5, 5.41) is 8.77. The Balaban J connectivity index is 2.11. The zero-order valence-corrected chi connectivity index (χ0v) is 12.9. The van der Waals surface area contributed by atoms with Crippen LogP contribution in [0, 0.1) is 24.7 Å². The summed E-state index contributed by atoms with van der Waals surface area (Å²) in [7, 11) is 1.88. The van der Waals surface area contributed by atoms with Gasteiger partial charge in [0, 0.05) is 24.7 Å². The minimum absolute atomic E-state index is 0.0534. The summed E-state index contributed by atoms with van der Waals surface area (Å²) in [4.78, 5) is 14.4. The molecule has 1 aromatic carbocycles. The molecular formula is C18H23NO2. The van der Waals surface area contributed by atoms with E-state index in [2.05, 4.69) is 11.8 Å². The van der Waals surface area contributed by atoms with E-state index in [4.69, 9.17) is 5.11 Å². The van der Waals surface area contributed by atoms with Gasteiger partial charge >= 0.3 is 0 Å². The molecule has 1 aliphatic rings. The molecule has 0 atom stereocenters. The van der Waals surface area contributed by atoms with E-state index in [-0.39, 0.29) is 12.5 Å². The van der Waals surface area contributed by atoms with E-state index in [0.717, 1.165) is 17.7 Å². The Morgan fingerprint density at radius 1 is 1.33 bits per heavy atom. The van der Waals surface area contributed by atoms with Gasteiger partial charge in [-0.05, 0) is 49.4 Å². The van der Waals surface area contributed by atoms with Gasteiger partial charge in [0.05, 0.1) is 0 Å². The van der Waals surface area contributed by atoms with Crippen LogP contribution in [-0.2, 0) is 0 Å². The minimum atomic E-state index is -0.168. The van der Waals surface area contributed by atoms with Crippen LogP contribution in [0.15, 0.2) is 18.2 Å². The first-order valence-electron chi connectivity index (χ1n) is 7.57. The van der Waals surface area contributed by atoms with Gasteiger partial charge in [-0.2, -0.15) is 0 Å². The summed E-state index contributed by atoms with van der Waals surface area (Å²) in [6, 6.07) is 5.64. The maximum absolute atomic E-state index is 12.5. The highest BCUT2D eigenvalue weighted by atomic mass is 16.2. The van der Waals surface area contributed by atoms with Crippen LogP contribution in [0.1, 0.15) is 47.2 Å². The van der Waals surface area contributed by atoms with Crippen molar-refractivity contribution in [2.24, 2.45) is 5.92 Å². The van der Waals surface area contributed by atoms with Gasteiger partial charge < -0.3 is 10.0 Å². The number of hydrogen-bond donors (Lipinski definition) is 1. The monoisotopic (exact) mass is 285 g/mol. The lowest BCUT2D eigenvalue weighted by Crippen LogP contribution is -2.31. The summed E-state index contributed by atoms with van der Waals surface area (Å²) in [5.74, 6) is 6.20. The molecule has 0 radical (unpaired) electrons. The van der Waals surface area contributed by atoms with Gasteiger partial charge in [-0.25, -0.2) is 0 Å². The molecule has 1 N–H and O–H groups in total. The second-order valence-electron chi connectivity index (χ2n) is 5.88. The van der Waals surface area contributed by atoms with Gasteiger partial charge in [-0.3, -0.25) is 4.79 Å². The fourth-order valence-electron chi connectivity index (χ4n) is 3.00. The van der Waals surface area contributed by atoms with E-state index in [1.165, 1.54) is 25.7 Å². The summed E-state index contributed by atoms with van der Waals surface area (Å²) in [6.07, 6.45) is 5.05. The van der Waals surface area contributed by atoms with Crippen molar-refractivity contribution in [3.8, 4) is 11.8 Å². The van der Waals surface area contributed by atoms with Crippen LogP contribution in [-0.4, -0.2) is 36.1 Å². The number of nitrogens with zero attached hydrogens (tertiary/aromatic N) is 1. The number of aliphatic hydroxyl groups is 1. The normalized spacial score (nSPS) is 14.6. The summed E-state index contributed by atoms with van der Waals surface area (Å²) < 4.78 is 0. The van der Waals surface area contributed by atoms with Crippen LogP contribution >= 0.6 is 0 Å². The van der Waals surface area contributed by atoms with Crippen LogP contribution in [0.4, 0.5) is 0 Å². The maximum atomic E-state index is 12.5. The lowest BCUT2D eigenvalue weighted by Gasteiger charge is -2.21. The summed E-state index contributed by atoms with van der Waals surface area (Å²) in [6.45, 7) is 2.63. The molecule has 0 aliphatic heterocycles. The number of rotatable bonds is 3. The first kappa shape index (κ1) is 15.6. The lowest BCUT2D eigenvalue weighted by molar-refractivity contribution is 0.0773. The molecule has 1 saturated carbocycles. The molecule has 1 aromatic rings. The second-order valence-corrected chi connectivity index (χ2v) is 5.88. The topological polar surface area (TPSA) is 40.5 Å². The van der Waals surface area contributed by atoms with Crippen LogP contribution in [0.5, 0.6) is 0 Å². The number of aryl methyl sites for hydroxylation is 1. The average Bonchev–Trinajstić information content (AvgIpc) is 2.96. The van der Waals surface area contributed by atoms with Crippen molar-refractivity contribution >= 4 is 5.91 Å². The van der Waals surface area contributed by atoms with E-state index < -0.39 is 0 Å². The van der Waals surface area contributed by atoms with Crippen molar-refractivity contribution in [1.82, 2.24) is 4.90 Å². The average molecular weight is 285 g/mol. The van der Waals surface area contributed by atoms with Gasteiger partial charge in [0.2, 0.25) is 0 Å².